The number of hydrogen-bond donors (Lipinski definition) is 20. The van der Waals surface area contributed by atoms with Crippen LogP contribution in [0.1, 0.15) is 0 Å². The Bertz CT molecular complexity index is 1050. The lowest BCUT2D eigenvalue weighted by Crippen LogP contribution is -2.58. The van der Waals surface area contributed by atoms with E-state index in [0.717, 1.165) is 0 Å². The molecule has 0 heterocycles. The molecular weight excluding hydrogens is 592 g/mol. The van der Waals surface area contributed by atoms with Crippen molar-refractivity contribution >= 4 is 5.97 Å². The van der Waals surface area contributed by atoms with E-state index in [9.17, 15) is 86.5 Å². The standard InChI is InChI=1S/C20H32O22/c21-1-2(22)3(23)4(24)5(25)6(26)7(27)8(28)9(29)10(30)11(31)12(32)13(33)14(34)16(36)19(42-41)17(37)15(35)18(38)20(39)40/h2-11,21-38,41H,1H2,(H,39,40)/b13-12+,16-14+,18-15+,19-17+. The maximum Gasteiger partial charge on any atom is 0.375 e. The van der Waals surface area contributed by atoms with Crippen molar-refractivity contribution in [1.82, 2.24) is 0 Å². The van der Waals surface area contributed by atoms with Gasteiger partial charge in [0.25, 0.3) is 5.76 Å². The average molecular weight is 624 g/mol. The first-order valence-corrected chi connectivity index (χ1v) is 11.0. The number of carboxylic acid groups (broad SMARTS) is 1. The zero-order valence-corrected chi connectivity index (χ0v) is 20.7. The molecule has 0 aliphatic rings. The average Bonchev–Trinajstić information content (AvgIpc) is 2.98. The van der Waals surface area contributed by atoms with E-state index >= 15 is 0 Å². The monoisotopic (exact) mass is 624 g/mol. The van der Waals surface area contributed by atoms with Gasteiger partial charge in [0.15, 0.2) is 5.76 Å². The minimum atomic E-state index is -2.99. The highest BCUT2D eigenvalue weighted by atomic mass is 17.1. The molecule has 22 nitrogen and oxygen atoms in total. The van der Waals surface area contributed by atoms with Gasteiger partial charge in [-0.3, -0.25) is 0 Å². The second-order valence-electron chi connectivity index (χ2n) is 8.32. The molecule has 0 bridgehead atoms. The molecule has 0 saturated heterocycles. The zero-order chi connectivity index (χ0) is 33.4. The molecule has 0 spiro atoms. The van der Waals surface area contributed by atoms with Crippen molar-refractivity contribution in [3.8, 4) is 0 Å². The van der Waals surface area contributed by atoms with Gasteiger partial charge in [-0.15, -0.1) is 0 Å². The molecule has 0 aromatic carbocycles. The first-order chi connectivity index (χ1) is 19.2. The van der Waals surface area contributed by atoms with Crippen LogP contribution in [0.15, 0.2) is 46.1 Å². The minimum absolute atomic E-state index is 1.12. The number of carbonyl (C=O) groups is 1. The molecule has 0 aromatic heterocycles. The Kier molecular flexibility index (Phi) is 14.7. The van der Waals surface area contributed by atoms with Crippen LogP contribution in [-0.4, -0.2) is 176 Å². The summed E-state index contributed by atoms with van der Waals surface area (Å²) in [5.74, 6) is -18.3. The lowest BCUT2D eigenvalue weighted by Gasteiger charge is -2.34. The fraction of sp³-hybridized carbons (Fsp3) is 0.550. The number of aliphatic hydroxyl groups is 18. The smallest absolute Gasteiger partial charge is 0.375 e. The van der Waals surface area contributed by atoms with Crippen molar-refractivity contribution in [3.05, 3.63) is 46.1 Å². The van der Waals surface area contributed by atoms with Gasteiger partial charge in [-0.1, -0.05) is 0 Å². The van der Waals surface area contributed by atoms with Gasteiger partial charge in [0.2, 0.25) is 34.6 Å². The molecule has 244 valence electrons. The second-order valence-corrected chi connectivity index (χ2v) is 8.32. The van der Waals surface area contributed by atoms with Crippen molar-refractivity contribution in [2.24, 2.45) is 0 Å². The Labute approximate surface area is 232 Å². The summed E-state index contributed by atoms with van der Waals surface area (Å²) in [6.07, 6.45) is -26.4. The third-order valence-electron chi connectivity index (χ3n) is 5.50. The molecule has 20 N–H and O–H groups in total. The molecule has 0 rings (SSSR count). The van der Waals surface area contributed by atoms with E-state index in [0.29, 0.717) is 0 Å². The van der Waals surface area contributed by atoms with E-state index in [2.05, 4.69) is 4.89 Å². The van der Waals surface area contributed by atoms with Gasteiger partial charge in [0.1, 0.15) is 61.0 Å². The lowest BCUT2D eigenvalue weighted by molar-refractivity contribution is -0.206. The fourth-order valence-electron chi connectivity index (χ4n) is 2.90. The summed E-state index contributed by atoms with van der Waals surface area (Å²) >= 11 is 0. The van der Waals surface area contributed by atoms with Crippen LogP contribution in [0.25, 0.3) is 0 Å². The summed E-state index contributed by atoms with van der Waals surface area (Å²) in [4.78, 5) is 14.0. The number of rotatable bonds is 16. The quantitative estimate of drug-likeness (QED) is 0.0249. The van der Waals surface area contributed by atoms with Crippen molar-refractivity contribution < 1.29 is 112 Å². The Hall–Kier alpha value is -3.65. The highest BCUT2D eigenvalue weighted by Gasteiger charge is 2.44. The predicted molar refractivity (Wildman–Crippen MR) is 125 cm³/mol. The first kappa shape index (κ1) is 38.4. The summed E-state index contributed by atoms with van der Waals surface area (Å²) in [5, 5.41) is 192. The molecule has 0 saturated carbocycles. The van der Waals surface area contributed by atoms with E-state index in [1.165, 1.54) is 0 Å². The van der Waals surface area contributed by atoms with Crippen molar-refractivity contribution in [1.29, 1.82) is 0 Å². The van der Waals surface area contributed by atoms with E-state index < -0.39 is 120 Å². The van der Waals surface area contributed by atoms with Gasteiger partial charge in [0.05, 0.1) is 6.61 Å². The minimum Gasteiger partial charge on any atom is -0.506 e. The summed E-state index contributed by atoms with van der Waals surface area (Å²) in [5.41, 5.74) is 0. The highest BCUT2D eigenvalue weighted by Crippen LogP contribution is 2.25. The van der Waals surface area contributed by atoms with Crippen LogP contribution in [-0.2, 0) is 9.68 Å². The summed E-state index contributed by atoms with van der Waals surface area (Å²) in [7, 11) is 0. The van der Waals surface area contributed by atoms with E-state index in [1.54, 1.807) is 0 Å². The van der Waals surface area contributed by atoms with Crippen molar-refractivity contribution in [2.45, 2.75) is 61.0 Å². The maximum absolute atomic E-state index is 10.6. The molecule has 42 heavy (non-hydrogen) atoms. The molecule has 10 atom stereocenters. The SMILES string of the molecule is O=C(O)/C(O)=C(O)/C(O)=C(OO)/C(O)=C(O)/C(O)=C(\O)C(O)C(O)C(O)C(O)C(O)C(O)C(O)C(O)C(O)C(O)CO. The van der Waals surface area contributed by atoms with Crippen LogP contribution >= 0.6 is 0 Å². The molecule has 0 fully saturated rings. The normalized spacial score (nSPS) is 21.9. The number of aliphatic carboxylic acids is 1. The van der Waals surface area contributed by atoms with Crippen LogP contribution < -0.4 is 0 Å². The molecule has 0 aromatic rings. The Morgan fingerprint density at radius 2 is 0.833 bits per heavy atom. The van der Waals surface area contributed by atoms with Crippen LogP contribution in [0, 0.1) is 0 Å². The largest absolute Gasteiger partial charge is 0.506 e. The Morgan fingerprint density at radius 3 is 1.19 bits per heavy atom. The van der Waals surface area contributed by atoms with E-state index in [-0.39, 0.29) is 0 Å². The van der Waals surface area contributed by atoms with Crippen LogP contribution in [0.3, 0.4) is 0 Å². The van der Waals surface area contributed by atoms with Gasteiger partial charge in [0, 0.05) is 0 Å². The maximum atomic E-state index is 10.6. The lowest BCUT2D eigenvalue weighted by atomic mass is 9.90. The van der Waals surface area contributed by atoms with Crippen molar-refractivity contribution in [2.75, 3.05) is 6.61 Å². The molecular formula is C20H32O22. The van der Waals surface area contributed by atoms with E-state index in [1.807, 2.05) is 0 Å². The molecule has 10 unspecified atom stereocenters. The number of aliphatic hydroxyl groups excluding tert-OH is 18. The summed E-state index contributed by atoms with van der Waals surface area (Å²) in [6.45, 7) is -1.12. The summed E-state index contributed by atoms with van der Waals surface area (Å²) < 4.78 is 0. The Balaban J connectivity index is 6.14. The van der Waals surface area contributed by atoms with Crippen LogP contribution in [0.5, 0.6) is 0 Å². The third-order valence-corrected chi connectivity index (χ3v) is 5.50. The second kappa shape index (κ2) is 16.1. The topological polar surface area (TPSA) is 431 Å². The van der Waals surface area contributed by atoms with Gasteiger partial charge in [-0.2, -0.15) is 0 Å². The zero-order valence-electron chi connectivity index (χ0n) is 20.7. The Morgan fingerprint density at radius 1 is 0.476 bits per heavy atom. The van der Waals surface area contributed by atoms with E-state index in [4.69, 9.17) is 20.6 Å². The number of hydrogen-bond acceptors (Lipinski definition) is 21. The van der Waals surface area contributed by atoms with Crippen molar-refractivity contribution in [3.63, 3.8) is 0 Å². The van der Waals surface area contributed by atoms with Crippen LogP contribution in [0.2, 0.25) is 0 Å². The van der Waals surface area contributed by atoms with Gasteiger partial charge in [-0.05, 0) is 0 Å². The molecule has 22 heteroatoms. The number of carboxylic acids is 1. The van der Waals surface area contributed by atoms with Gasteiger partial charge in [-0.25, -0.2) is 10.1 Å². The van der Waals surface area contributed by atoms with Crippen LogP contribution in [0.4, 0.5) is 0 Å². The molecule has 0 aliphatic carbocycles. The first-order valence-electron chi connectivity index (χ1n) is 11.0. The van der Waals surface area contributed by atoms with Gasteiger partial charge >= 0.3 is 5.97 Å². The molecule has 0 aliphatic heterocycles. The highest BCUT2D eigenvalue weighted by molar-refractivity contribution is 5.85. The molecule has 0 radical (unpaired) electrons. The third kappa shape index (κ3) is 8.68. The van der Waals surface area contributed by atoms with Gasteiger partial charge < -0.3 is 102 Å². The fourth-order valence-corrected chi connectivity index (χ4v) is 2.90. The predicted octanol–water partition coefficient (Wildman–Crippen LogP) is -6.09. The molecule has 0 amide bonds. The summed E-state index contributed by atoms with van der Waals surface area (Å²) in [6, 6.07) is 0.